The molecule has 1 aliphatic carbocycles. The maximum absolute atomic E-state index is 4.71. The minimum absolute atomic E-state index is 0.686. The molecule has 1 aliphatic rings. The van der Waals surface area contributed by atoms with E-state index in [0.717, 1.165) is 36.8 Å². The van der Waals surface area contributed by atoms with Crippen LogP contribution in [0, 0.1) is 0 Å². The van der Waals surface area contributed by atoms with Gasteiger partial charge in [-0.2, -0.15) is 0 Å². The van der Waals surface area contributed by atoms with Gasteiger partial charge in [0.25, 0.3) is 0 Å². The molecule has 0 aliphatic heterocycles. The van der Waals surface area contributed by atoms with E-state index in [-0.39, 0.29) is 0 Å². The summed E-state index contributed by atoms with van der Waals surface area (Å²) < 4.78 is 0. The number of pyridine rings is 1. The molecule has 0 radical (unpaired) electrons. The van der Waals surface area contributed by atoms with E-state index in [1.807, 2.05) is 36.8 Å². The second-order valence-corrected chi connectivity index (χ2v) is 5.36. The minimum atomic E-state index is 0.686. The molecule has 0 unspecified atom stereocenters. The summed E-state index contributed by atoms with van der Waals surface area (Å²) in [5.41, 5.74) is 2.04. The van der Waals surface area contributed by atoms with E-state index in [1.54, 1.807) is 0 Å². The molecule has 1 N–H and O–H groups in total. The summed E-state index contributed by atoms with van der Waals surface area (Å²) in [6, 6.07) is 6.67. The van der Waals surface area contributed by atoms with Gasteiger partial charge in [0.15, 0.2) is 0 Å². The summed E-state index contributed by atoms with van der Waals surface area (Å²) in [6.07, 6.45) is 8.06. The Morgan fingerprint density at radius 2 is 2.14 bits per heavy atom. The highest BCUT2D eigenvalue weighted by Crippen LogP contribution is 2.19. The van der Waals surface area contributed by atoms with Gasteiger partial charge in [0.1, 0.15) is 5.82 Å². The molecule has 0 saturated heterocycles. The van der Waals surface area contributed by atoms with Gasteiger partial charge >= 0.3 is 0 Å². The van der Waals surface area contributed by atoms with Crippen molar-refractivity contribution in [3.63, 3.8) is 0 Å². The Kier molecular flexibility index (Phi) is 4.40. The van der Waals surface area contributed by atoms with Crippen LogP contribution in [0.3, 0.4) is 0 Å². The molecule has 21 heavy (non-hydrogen) atoms. The molecule has 0 atom stereocenters. The predicted molar refractivity (Wildman–Crippen MR) is 82.9 cm³/mol. The van der Waals surface area contributed by atoms with E-state index < -0.39 is 0 Å². The first-order chi connectivity index (χ1) is 10.3. The quantitative estimate of drug-likeness (QED) is 0.844. The summed E-state index contributed by atoms with van der Waals surface area (Å²) in [5.74, 6) is 0.915. The molecular formula is C16H21N5. The SMILES string of the molecule is CCN(Cc1ccccn1)c1cncc(CNC2CC2)n1. The van der Waals surface area contributed by atoms with Crippen molar-refractivity contribution in [3.8, 4) is 0 Å². The largest absolute Gasteiger partial charge is 0.350 e. The first-order valence-corrected chi connectivity index (χ1v) is 7.54. The summed E-state index contributed by atoms with van der Waals surface area (Å²) >= 11 is 0. The normalized spacial score (nSPS) is 14.1. The van der Waals surface area contributed by atoms with Crippen molar-refractivity contribution < 1.29 is 0 Å². The third kappa shape index (κ3) is 3.98. The Hall–Kier alpha value is -2.01. The van der Waals surface area contributed by atoms with Gasteiger partial charge in [0, 0.05) is 31.5 Å². The zero-order chi connectivity index (χ0) is 14.5. The van der Waals surface area contributed by atoms with E-state index in [4.69, 9.17) is 4.98 Å². The van der Waals surface area contributed by atoms with Gasteiger partial charge in [-0.3, -0.25) is 9.97 Å². The molecule has 1 saturated carbocycles. The first-order valence-electron chi connectivity index (χ1n) is 7.54. The van der Waals surface area contributed by atoms with Crippen molar-refractivity contribution in [2.75, 3.05) is 11.4 Å². The Balaban J connectivity index is 1.68. The van der Waals surface area contributed by atoms with Crippen LogP contribution >= 0.6 is 0 Å². The van der Waals surface area contributed by atoms with Crippen molar-refractivity contribution in [1.82, 2.24) is 20.3 Å². The molecule has 1 fully saturated rings. The fourth-order valence-electron chi connectivity index (χ4n) is 2.21. The maximum atomic E-state index is 4.71. The lowest BCUT2D eigenvalue weighted by Crippen LogP contribution is -2.25. The fraction of sp³-hybridized carbons (Fsp3) is 0.438. The number of anilines is 1. The van der Waals surface area contributed by atoms with Crippen LogP contribution in [-0.4, -0.2) is 27.5 Å². The van der Waals surface area contributed by atoms with E-state index in [2.05, 4.69) is 27.1 Å². The van der Waals surface area contributed by atoms with Gasteiger partial charge in [-0.25, -0.2) is 4.98 Å². The highest BCUT2D eigenvalue weighted by atomic mass is 15.2. The first kappa shape index (κ1) is 13.9. The van der Waals surface area contributed by atoms with E-state index in [9.17, 15) is 0 Å². The number of rotatable bonds is 7. The minimum Gasteiger partial charge on any atom is -0.350 e. The topological polar surface area (TPSA) is 53.9 Å². The molecule has 3 rings (SSSR count). The van der Waals surface area contributed by atoms with Crippen molar-refractivity contribution in [2.24, 2.45) is 0 Å². The molecule has 2 aromatic heterocycles. The summed E-state index contributed by atoms with van der Waals surface area (Å²) in [5, 5.41) is 3.47. The number of nitrogens with one attached hydrogen (secondary N) is 1. The molecule has 110 valence electrons. The van der Waals surface area contributed by atoms with Crippen LogP contribution in [0.1, 0.15) is 31.2 Å². The summed E-state index contributed by atoms with van der Waals surface area (Å²) in [7, 11) is 0. The van der Waals surface area contributed by atoms with Crippen LogP contribution in [0.25, 0.3) is 0 Å². The van der Waals surface area contributed by atoms with Crippen LogP contribution in [0.15, 0.2) is 36.8 Å². The van der Waals surface area contributed by atoms with Crippen LogP contribution in [-0.2, 0) is 13.1 Å². The lowest BCUT2D eigenvalue weighted by Gasteiger charge is -2.21. The van der Waals surface area contributed by atoms with E-state index >= 15 is 0 Å². The Bertz CT molecular complexity index is 568. The molecular weight excluding hydrogens is 262 g/mol. The average molecular weight is 283 g/mol. The molecule has 2 heterocycles. The molecule has 5 heteroatoms. The molecule has 0 spiro atoms. The molecule has 0 aromatic carbocycles. The molecule has 5 nitrogen and oxygen atoms in total. The Morgan fingerprint density at radius 3 is 2.86 bits per heavy atom. The van der Waals surface area contributed by atoms with Crippen molar-refractivity contribution in [3.05, 3.63) is 48.2 Å². The van der Waals surface area contributed by atoms with Gasteiger partial charge in [-0.15, -0.1) is 0 Å². The smallest absolute Gasteiger partial charge is 0.147 e. The summed E-state index contributed by atoms with van der Waals surface area (Å²) in [4.78, 5) is 15.6. The fourth-order valence-corrected chi connectivity index (χ4v) is 2.21. The lowest BCUT2D eigenvalue weighted by molar-refractivity contribution is 0.668. The van der Waals surface area contributed by atoms with E-state index in [1.165, 1.54) is 12.8 Å². The van der Waals surface area contributed by atoms with Crippen LogP contribution in [0.4, 0.5) is 5.82 Å². The second-order valence-electron chi connectivity index (χ2n) is 5.36. The highest BCUT2D eigenvalue weighted by Gasteiger charge is 2.20. The van der Waals surface area contributed by atoms with Gasteiger partial charge in [-0.05, 0) is 31.9 Å². The van der Waals surface area contributed by atoms with Crippen LogP contribution in [0.2, 0.25) is 0 Å². The van der Waals surface area contributed by atoms with Crippen molar-refractivity contribution in [1.29, 1.82) is 0 Å². The highest BCUT2D eigenvalue weighted by molar-refractivity contribution is 5.36. The monoisotopic (exact) mass is 283 g/mol. The zero-order valence-corrected chi connectivity index (χ0v) is 12.4. The van der Waals surface area contributed by atoms with E-state index in [0.29, 0.717) is 6.04 Å². The Morgan fingerprint density at radius 1 is 1.24 bits per heavy atom. The molecule has 2 aromatic rings. The number of aromatic nitrogens is 3. The van der Waals surface area contributed by atoms with Gasteiger partial charge in [0.05, 0.1) is 24.1 Å². The van der Waals surface area contributed by atoms with Crippen LogP contribution < -0.4 is 10.2 Å². The lowest BCUT2D eigenvalue weighted by atomic mass is 10.3. The van der Waals surface area contributed by atoms with Gasteiger partial charge < -0.3 is 10.2 Å². The predicted octanol–water partition coefficient (Wildman–Crippen LogP) is 2.15. The number of hydrogen-bond acceptors (Lipinski definition) is 5. The number of nitrogens with zero attached hydrogens (tertiary/aromatic N) is 4. The van der Waals surface area contributed by atoms with Crippen molar-refractivity contribution in [2.45, 2.75) is 38.9 Å². The average Bonchev–Trinajstić information content (AvgIpc) is 3.36. The Labute approximate surface area is 125 Å². The summed E-state index contributed by atoms with van der Waals surface area (Å²) in [6.45, 7) is 4.56. The standard InChI is InChI=1S/C16H21N5/c1-2-21(12-14-5-3-4-8-18-14)16-11-17-9-15(20-16)10-19-13-6-7-13/h3-5,8-9,11,13,19H,2,6-7,10,12H2,1H3. The zero-order valence-electron chi connectivity index (χ0n) is 12.4. The van der Waals surface area contributed by atoms with Gasteiger partial charge in [0.2, 0.25) is 0 Å². The number of hydrogen-bond donors (Lipinski definition) is 1. The third-order valence-electron chi connectivity index (χ3n) is 3.61. The van der Waals surface area contributed by atoms with Crippen molar-refractivity contribution >= 4 is 5.82 Å². The molecule has 0 bridgehead atoms. The maximum Gasteiger partial charge on any atom is 0.147 e. The molecule has 0 amide bonds. The third-order valence-corrected chi connectivity index (χ3v) is 3.61. The van der Waals surface area contributed by atoms with Crippen LogP contribution in [0.5, 0.6) is 0 Å². The second kappa shape index (κ2) is 6.63. The van der Waals surface area contributed by atoms with Gasteiger partial charge in [-0.1, -0.05) is 6.07 Å².